The molecule has 0 bridgehead atoms. The number of rotatable bonds is 7. The van der Waals surface area contributed by atoms with Crippen LogP contribution in [0.1, 0.15) is 37.6 Å². The fourth-order valence-corrected chi connectivity index (χ4v) is 1.52. The highest BCUT2D eigenvalue weighted by atomic mass is 16.5. The SMILES string of the molecule is CCCNC(COCC)c1occc1C. The Morgan fingerprint density at radius 3 is 2.80 bits per heavy atom. The number of hydrogen-bond acceptors (Lipinski definition) is 3. The first-order valence-electron chi connectivity index (χ1n) is 5.64. The largest absolute Gasteiger partial charge is 0.467 e. The first-order chi connectivity index (χ1) is 7.29. The summed E-state index contributed by atoms with van der Waals surface area (Å²) in [6, 6.07) is 2.17. The fraction of sp³-hybridized carbons (Fsp3) is 0.667. The Balaban J connectivity index is 2.58. The first-order valence-corrected chi connectivity index (χ1v) is 5.64. The Bertz CT molecular complexity index is 262. The fourth-order valence-electron chi connectivity index (χ4n) is 1.52. The van der Waals surface area contributed by atoms with Crippen LogP contribution in [0.25, 0.3) is 0 Å². The minimum Gasteiger partial charge on any atom is -0.467 e. The summed E-state index contributed by atoms with van der Waals surface area (Å²) in [5.41, 5.74) is 1.18. The zero-order valence-corrected chi connectivity index (χ0v) is 9.88. The highest BCUT2D eigenvalue weighted by Gasteiger charge is 2.15. The quantitative estimate of drug-likeness (QED) is 0.753. The summed E-state index contributed by atoms with van der Waals surface area (Å²) in [6.45, 7) is 8.61. The van der Waals surface area contributed by atoms with Crippen LogP contribution in [-0.4, -0.2) is 19.8 Å². The van der Waals surface area contributed by atoms with Crippen molar-refractivity contribution in [1.82, 2.24) is 5.32 Å². The van der Waals surface area contributed by atoms with Gasteiger partial charge in [0, 0.05) is 6.61 Å². The molecule has 1 atom stereocenters. The van der Waals surface area contributed by atoms with Crippen LogP contribution >= 0.6 is 0 Å². The molecule has 0 fully saturated rings. The average molecular weight is 211 g/mol. The van der Waals surface area contributed by atoms with E-state index in [0.29, 0.717) is 6.61 Å². The van der Waals surface area contributed by atoms with Crippen molar-refractivity contribution in [2.45, 2.75) is 33.2 Å². The number of ether oxygens (including phenoxy) is 1. The van der Waals surface area contributed by atoms with E-state index >= 15 is 0 Å². The van der Waals surface area contributed by atoms with Gasteiger partial charge in [0.05, 0.1) is 18.9 Å². The highest BCUT2D eigenvalue weighted by Crippen LogP contribution is 2.18. The van der Waals surface area contributed by atoms with Gasteiger partial charge in [-0.3, -0.25) is 0 Å². The molecule has 0 saturated heterocycles. The van der Waals surface area contributed by atoms with Gasteiger partial charge in [0.2, 0.25) is 0 Å². The Labute approximate surface area is 91.8 Å². The topological polar surface area (TPSA) is 34.4 Å². The van der Waals surface area contributed by atoms with E-state index in [0.717, 1.165) is 25.3 Å². The van der Waals surface area contributed by atoms with E-state index in [9.17, 15) is 0 Å². The van der Waals surface area contributed by atoms with Crippen molar-refractivity contribution in [3.05, 3.63) is 23.7 Å². The van der Waals surface area contributed by atoms with Crippen LogP contribution < -0.4 is 5.32 Å². The zero-order valence-electron chi connectivity index (χ0n) is 9.88. The second-order valence-corrected chi connectivity index (χ2v) is 3.63. The summed E-state index contributed by atoms with van der Waals surface area (Å²) in [7, 11) is 0. The lowest BCUT2D eigenvalue weighted by Crippen LogP contribution is -2.26. The third kappa shape index (κ3) is 3.68. The Morgan fingerprint density at radius 2 is 2.27 bits per heavy atom. The van der Waals surface area contributed by atoms with E-state index in [-0.39, 0.29) is 6.04 Å². The third-order valence-corrected chi connectivity index (χ3v) is 2.35. The molecule has 1 aromatic heterocycles. The highest BCUT2D eigenvalue weighted by molar-refractivity contribution is 5.18. The van der Waals surface area contributed by atoms with Crippen molar-refractivity contribution in [2.24, 2.45) is 0 Å². The molecule has 0 aliphatic heterocycles. The van der Waals surface area contributed by atoms with Crippen LogP contribution in [0.2, 0.25) is 0 Å². The molecule has 0 radical (unpaired) electrons. The van der Waals surface area contributed by atoms with Gasteiger partial charge in [-0.2, -0.15) is 0 Å². The van der Waals surface area contributed by atoms with Crippen molar-refractivity contribution in [3.63, 3.8) is 0 Å². The van der Waals surface area contributed by atoms with Crippen molar-refractivity contribution in [2.75, 3.05) is 19.8 Å². The second-order valence-electron chi connectivity index (χ2n) is 3.63. The monoisotopic (exact) mass is 211 g/mol. The second kappa shape index (κ2) is 6.64. The lowest BCUT2D eigenvalue weighted by molar-refractivity contribution is 0.116. The summed E-state index contributed by atoms with van der Waals surface area (Å²) in [5, 5.41) is 3.43. The van der Waals surface area contributed by atoms with Crippen molar-refractivity contribution < 1.29 is 9.15 Å². The van der Waals surface area contributed by atoms with Gasteiger partial charge in [-0.15, -0.1) is 0 Å². The molecule has 0 aromatic carbocycles. The molecule has 1 N–H and O–H groups in total. The molecule has 3 heteroatoms. The van der Waals surface area contributed by atoms with Gasteiger partial charge in [-0.05, 0) is 38.4 Å². The maximum atomic E-state index is 5.48. The predicted molar refractivity (Wildman–Crippen MR) is 61.0 cm³/mol. The van der Waals surface area contributed by atoms with Crippen molar-refractivity contribution >= 4 is 0 Å². The van der Waals surface area contributed by atoms with E-state index in [4.69, 9.17) is 9.15 Å². The maximum Gasteiger partial charge on any atom is 0.125 e. The molecular weight excluding hydrogens is 190 g/mol. The van der Waals surface area contributed by atoms with Gasteiger partial charge in [0.15, 0.2) is 0 Å². The van der Waals surface area contributed by atoms with E-state index in [1.54, 1.807) is 6.26 Å². The molecule has 1 aromatic rings. The van der Waals surface area contributed by atoms with E-state index in [2.05, 4.69) is 19.2 Å². The van der Waals surface area contributed by atoms with Crippen LogP contribution in [-0.2, 0) is 4.74 Å². The van der Waals surface area contributed by atoms with Gasteiger partial charge < -0.3 is 14.5 Å². The lowest BCUT2D eigenvalue weighted by Gasteiger charge is -2.16. The van der Waals surface area contributed by atoms with Gasteiger partial charge in [0.1, 0.15) is 5.76 Å². The first kappa shape index (κ1) is 12.3. The molecule has 0 aliphatic carbocycles. The smallest absolute Gasteiger partial charge is 0.125 e. The third-order valence-electron chi connectivity index (χ3n) is 2.35. The van der Waals surface area contributed by atoms with E-state index < -0.39 is 0 Å². The number of aryl methyl sites for hydroxylation is 1. The zero-order chi connectivity index (χ0) is 11.1. The molecule has 86 valence electrons. The van der Waals surface area contributed by atoms with Crippen molar-refractivity contribution in [1.29, 1.82) is 0 Å². The Kier molecular flexibility index (Phi) is 5.43. The molecule has 0 amide bonds. The van der Waals surface area contributed by atoms with Crippen LogP contribution in [0, 0.1) is 6.92 Å². The van der Waals surface area contributed by atoms with Crippen LogP contribution in [0.3, 0.4) is 0 Å². The average Bonchev–Trinajstić information content (AvgIpc) is 2.65. The van der Waals surface area contributed by atoms with E-state index in [1.807, 2.05) is 13.0 Å². The Hall–Kier alpha value is -0.800. The van der Waals surface area contributed by atoms with E-state index in [1.165, 1.54) is 5.56 Å². The summed E-state index contributed by atoms with van der Waals surface area (Å²) in [5.74, 6) is 0.997. The number of furan rings is 1. The molecular formula is C12H21NO2. The summed E-state index contributed by atoms with van der Waals surface area (Å²) < 4.78 is 10.9. The molecule has 1 unspecified atom stereocenters. The Morgan fingerprint density at radius 1 is 1.47 bits per heavy atom. The van der Waals surface area contributed by atoms with Gasteiger partial charge >= 0.3 is 0 Å². The summed E-state index contributed by atoms with van der Waals surface area (Å²) in [6.07, 6.45) is 2.85. The number of nitrogens with one attached hydrogen (secondary N) is 1. The molecule has 1 rings (SSSR count). The standard InChI is InChI=1S/C12H21NO2/c1-4-7-13-11(9-14-5-2)12-10(3)6-8-15-12/h6,8,11,13H,4-5,7,9H2,1-3H3. The molecule has 1 heterocycles. The number of hydrogen-bond donors (Lipinski definition) is 1. The van der Waals surface area contributed by atoms with Crippen LogP contribution in [0.15, 0.2) is 16.7 Å². The van der Waals surface area contributed by atoms with Crippen LogP contribution in [0.5, 0.6) is 0 Å². The molecule has 0 aliphatic rings. The summed E-state index contributed by atoms with van der Waals surface area (Å²) in [4.78, 5) is 0. The van der Waals surface area contributed by atoms with Crippen LogP contribution in [0.4, 0.5) is 0 Å². The van der Waals surface area contributed by atoms with Gasteiger partial charge in [0.25, 0.3) is 0 Å². The minimum atomic E-state index is 0.180. The molecule has 3 nitrogen and oxygen atoms in total. The normalized spacial score (nSPS) is 13.0. The lowest BCUT2D eigenvalue weighted by atomic mass is 10.1. The molecule has 15 heavy (non-hydrogen) atoms. The van der Waals surface area contributed by atoms with Gasteiger partial charge in [-0.25, -0.2) is 0 Å². The van der Waals surface area contributed by atoms with Gasteiger partial charge in [-0.1, -0.05) is 6.92 Å². The minimum absolute atomic E-state index is 0.180. The van der Waals surface area contributed by atoms with Crippen molar-refractivity contribution in [3.8, 4) is 0 Å². The molecule has 0 saturated carbocycles. The summed E-state index contributed by atoms with van der Waals surface area (Å²) >= 11 is 0. The molecule has 0 spiro atoms. The predicted octanol–water partition coefficient (Wildman–Crippen LogP) is 2.67. The maximum absolute atomic E-state index is 5.48.